The Kier molecular flexibility index (Phi) is 11.4. The number of hydrogen-bond acceptors (Lipinski definition) is 10. The second-order valence-corrected chi connectivity index (χ2v) is 13.0. The average molecular weight is 691 g/mol. The van der Waals surface area contributed by atoms with Crippen LogP contribution in [0.3, 0.4) is 0 Å². The summed E-state index contributed by atoms with van der Waals surface area (Å²) in [5.74, 6) is 2.70. The van der Waals surface area contributed by atoms with Crippen molar-refractivity contribution in [2.24, 2.45) is 0 Å². The van der Waals surface area contributed by atoms with Gasteiger partial charge in [0.1, 0.15) is 16.4 Å². The molecule has 0 atom stereocenters. The molecule has 1 amide bonds. The Hall–Kier alpha value is -5.14. The van der Waals surface area contributed by atoms with Crippen molar-refractivity contribution in [2.75, 3.05) is 71.8 Å². The summed E-state index contributed by atoms with van der Waals surface area (Å²) in [6.07, 6.45) is 0. The molecule has 1 fully saturated rings. The topological polar surface area (TPSA) is 128 Å². The molecule has 49 heavy (non-hydrogen) atoms. The Bertz CT molecular complexity index is 1860. The highest BCUT2D eigenvalue weighted by molar-refractivity contribution is 7.92. The summed E-state index contributed by atoms with van der Waals surface area (Å²) in [5.41, 5.74) is 2.83. The summed E-state index contributed by atoms with van der Waals surface area (Å²) in [5, 5.41) is 3.24. The molecule has 0 spiro atoms. The van der Waals surface area contributed by atoms with E-state index in [9.17, 15) is 13.2 Å². The molecule has 1 aliphatic rings. The molecule has 1 saturated heterocycles. The van der Waals surface area contributed by atoms with Crippen LogP contribution in [0.4, 0.5) is 11.4 Å². The molecule has 0 radical (unpaired) electrons. The van der Waals surface area contributed by atoms with Gasteiger partial charge in [0.2, 0.25) is 5.75 Å². The van der Waals surface area contributed by atoms with Crippen LogP contribution in [0.5, 0.6) is 28.7 Å². The monoisotopic (exact) mass is 690 g/mol. The van der Waals surface area contributed by atoms with E-state index in [4.69, 9.17) is 23.7 Å². The van der Waals surface area contributed by atoms with E-state index in [2.05, 4.69) is 14.9 Å². The molecule has 12 nitrogen and oxygen atoms in total. The fourth-order valence-electron chi connectivity index (χ4n) is 5.68. The molecular weight excluding hydrogens is 648 g/mol. The van der Waals surface area contributed by atoms with E-state index in [0.717, 1.165) is 16.9 Å². The molecule has 1 heterocycles. The van der Waals surface area contributed by atoms with Crippen molar-refractivity contribution in [1.29, 1.82) is 0 Å². The zero-order valence-electron chi connectivity index (χ0n) is 28.3. The normalized spacial score (nSPS) is 13.4. The Morgan fingerprint density at radius 1 is 0.735 bits per heavy atom. The number of hydrogen-bond donors (Lipinski definition) is 2. The second-order valence-electron chi connectivity index (χ2n) is 11.3. The molecule has 0 aromatic heterocycles. The van der Waals surface area contributed by atoms with E-state index in [1.807, 2.05) is 36.4 Å². The van der Waals surface area contributed by atoms with Gasteiger partial charge in [-0.3, -0.25) is 14.4 Å². The van der Waals surface area contributed by atoms with Crippen LogP contribution in [0.15, 0.2) is 83.8 Å². The smallest absolute Gasteiger partial charge is 0.263 e. The zero-order chi connectivity index (χ0) is 35.0. The number of ether oxygens (including phenoxy) is 5. The van der Waals surface area contributed by atoms with E-state index in [-0.39, 0.29) is 16.4 Å². The molecule has 260 valence electrons. The molecule has 0 saturated carbocycles. The van der Waals surface area contributed by atoms with Gasteiger partial charge in [-0.1, -0.05) is 24.3 Å². The third-order valence-electron chi connectivity index (χ3n) is 8.32. The van der Waals surface area contributed by atoms with Crippen molar-refractivity contribution in [3.63, 3.8) is 0 Å². The number of carbonyl (C=O) groups is 1. The Morgan fingerprint density at radius 2 is 1.45 bits per heavy atom. The van der Waals surface area contributed by atoms with Crippen LogP contribution in [-0.4, -0.2) is 85.9 Å². The predicted octanol–water partition coefficient (Wildman–Crippen LogP) is 5.10. The standard InChI is InChI=1S/C36H42N4O8S/c1-44-29-13-9-25(10-14-29)23-37-31-15-11-26(21-33(31)49(42,43)38-28-7-6-8-30(22-28)45-2)36(41)40-19-17-39(18-20-40)24-27-12-16-32(46-3)35(48-5)34(27)47-4/h6-16,21-22,37-38H,17-20,23-24H2,1-5H3. The van der Waals surface area contributed by atoms with E-state index in [0.29, 0.717) is 73.6 Å². The lowest BCUT2D eigenvalue weighted by Crippen LogP contribution is -2.48. The minimum absolute atomic E-state index is 0.0473. The van der Waals surface area contributed by atoms with Crippen LogP contribution in [0.1, 0.15) is 21.5 Å². The number of piperazine rings is 1. The Morgan fingerprint density at radius 3 is 2.10 bits per heavy atom. The number of nitrogens with zero attached hydrogens (tertiary/aromatic N) is 2. The Labute approximate surface area is 287 Å². The molecule has 0 bridgehead atoms. The summed E-state index contributed by atoms with van der Waals surface area (Å²) in [4.78, 5) is 17.7. The number of amides is 1. The summed E-state index contributed by atoms with van der Waals surface area (Å²) >= 11 is 0. The number of benzene rings is 4. The van der Waals surface area contributed by atoms with Crippen molar-refractivity contribution in [3.05, 3.63) is 95.6 Å². The van der Waals surface area contributed by atoms with E-state index < -0.39 is 10.0 Å². The lowest BCUT2D eigenvalue weighted by Gasteiger charge is -2.35. The largest absolute Gasteiger partial charge is 0.497 e. The van der Waals surface area contributed by atoms with Gasteiger partial charge < -0.3 is 33.9 Å². The average Bonchev–Trinajstić information content (AvgIpc) is 3.13. The second kappa shape index (κ2) is 15.8. The zero-order valence-corrected chi connectivity index (χ0v) is 29.1. The van der Waals surface area contributed by atoms with Crippen LogP contribution in [-0.2, 0) is 23.1 Å². The third kappa shape index (κ3) is 8.30. The summed E-state index contributed by atoms with van der Waals surface area (Å²) < 4.78 is 57.5. The van der Waals surface area contributed by atoms with Gasteiger partial charge in [0, 0.05) is 56.5 Å². The molecule has 2 N–H and O–H groups in total. The van der Waals surface area contributed by atoms with Gasteiger partial charge in [-0.2, -0.15) is 0 Å². The predicted molar refractivity (Wildman–Crippen MR) is 188 cm³/mol. The van der Waals surface area contributed by atoms with Crippen LogP contribution < -0.4 is 33.7 Å². The summed E-state index contributed by atoms with van der Waals surface area (Å²) in [6, 6.07) is 22.6. The first-order valence-corrected chi connectivity index (χ1v) is 17.1. The molecular formula is C36H42N4O8S. The van der Waals surface area contributed by atoms with Crippen LogP contribution in [0.25, 0.3) is 0 Å². The van der Waals surface area contributed by atoms with Crippen LogP contribution in [0, 0.1) is 0 Å². The lowest BCUT2D eigenvalue weighted by molar-refractivity contribution is 0.0627. The van der Waals surface area contributed by atoms with E-state index >= 15 is 0 Å². The molecule has 13 heteroatoms. The fourth-order valence-corrected chi connectivity index (χ4v) is 6.94. The molecule has 0 aliphatic carbocycles. The van der Waals surface area contributed by atoms with Gasteiger partial charge in [0.05, 0.1) is 46.9 Å². The number of methoxy groups -OCH3 is 5. The van der Waals surface area contributed by atoms with Gasteiger partial charge in [0.15, 0.2) is 11.5 Å². The van der Waals surface area contributed by atoms with Crippen molar-refractivity contribution in [3.8, 4) is 28.7 Å². The first-order valence-electron chi connectivity index (χ1n) is 15.7. The van der Waals surface area contributed by atoms with Gasteiger partial charge in [-0.25, -0.2) is 8.42 Å². The fraction of sp³-hybridized carbons (Fsp3) is 0.306. The third-order valence-corrected chi connectivity index (χ3v) is 9.74. The Balaban J connectivity index is 1.34. The number of carbonyl (C=O) groups excluding carboxylic acids is 1. The molecule has 4 aromatic rings. The highest BCUT2D eigenvalue weighted by atomic mass is 32.2. The van der Waals surface area contributed by atoms with Gasteiger partial charge in [0.25, 0.3) is 15.9 Å². The van der Waals surface area contributed by atoms with Gasteiger partial charge in [-0.05, 0) is 54.1 Å². The lowest BCUT2D eigenvalue weighted by atomic mass is 10.1. The van der Waals surface area contributed by atoms with Crippen LogP contribution in [0.2, 0.25) is 0 Å². The van der Waals surface area contributed by atoms with Crippen molar-refractivity contribution in [1.82, 2.24) is 9.80 Å². The maximum absolute atomic E-state index is 13.9. The maximum atomic E-state index is 13.9. The first-order chi connectivity index (χ1) is 23.7. The van der Waals surface area contributed by atoms with Gasteiger partial charge in [-0.15, -0.1) is 0 Å². The molecule has 1 aliphatic heterocycles. The molecule has 4 aromatic carbocycles. The summed E-state index contributed by atoms with van der Waals surface area (Å²) in [6.45, 7) is 3.12. The number of anilines is 2. The summed E-state index contributed by atoms with van der Waals surface area (Å²) in [7, 11) is 3.73. The number of nitrogens with one attached hydrogen (secondary N) is 2. The quantitative estimate of drug-likeness (QED) is 0.185. The minimum atomic E-state index is -4.13. The number of rotatable bonds is 14. The van der Waals surface area contributed by atoms with Crippen molar-refractivity contribution < 1.29 is 36.9 Å². The first kappa shape index (κ1) is 35.2. The van der Waals surface area contributed by atoms with Crippen LogP contribution >= 0.6 is 0 Å². The van der Waals surface area contributed by atoms with Gasteiger partial charge >= 0.3 is 0 Å². The highest BCUT2D eigenvalue weighted by Crippen LogP contribution is 2.40. The van der Waals surface area contributed by atoms with Crippen molar-refractivity contribution >= 4 is 27.3 Å². The highest BCUT2D eigenvalue weighted by Gasteiger charge is 2.27. The van der Waals surface area contributed by atoms with E-state index in [1.165, 1.54) is 13.2 Å². The minimum Gasteiger partial charge on any atom is -0.497 e. The maximum Gasteiger partial charge on any atom is 0.263 e. The van der Waals surface area contributed by atoms with E-state index in [1.54, 1.807) is 69.7 Å². The SMILES string of the molecule is COc1ccc(CNc2ccc(C(=O)N3CCN(Cc4ccc(OC)c(OC)c4OC)CC3)cc2S(=O)(=O)Nc2cccc(OC)c2)cc1. The number of sulfonamides is 1. The molecule has 0 unspecified atom stereocenters. The van der Waals surface area contributed by atoms with Crippen molar-refractivity contribution in [2.45, 2.75) is 18.0 Å². The molecule has 5 rings (SSSR count).